The highest BCUT2D eigenvalue weighted by atomic mass is 32.2. The topological polar surface area (TPSA) is 76.4 Å². The highest BCUT2D eigenvalue weighted by Crippen LogP contribution is 2.34. The van der Waals surface area contributed by atoms with Crippen LogP contribution in [-0.2, 0) is 0 Å². The summed E-state index contributed by atoms with van der Waals surface area (Å²) in [4.78, 5) is 11.1. The average Bonchev–Trinajstić information content (AvgIpc) is 3.30. The van der Waals surface area contributed by atoms with Crippen LogP contribution in [0.4, 0.5) is 8.78 Å². The molecule has 0 aromatic carbocycles. The Bertz CT molecular complexity index is 757. The molecule has 1 aromatic heterocycles. The van der Waals surface area contributed by atoms with Gasteiger partial charge in [-0.15, -0.1) is 11.3 Å². The molecule has 1 fully saturated rings. The monoisotopic (exact) mass is 412 g/mol. The minimum atomic E-state index is -2.67. The van der Waals surface area contributed by atoms with Crippen LogP contribution < -0.4 is 10.0 Å². The van der Waals surface area contributed by atoms with Gasteiger partial charge in [-0.3, -0.25) is 9.71 Å². The first-order chi connectivity index (χ1) is 13.0. The smallest absolute Gasteiger partial charge is 0.312 e. The number of aromatic nitrogens is 1. The van der Waals surface area contributed by atoms with Gasteiger partial charge < -0.3 is 15.6 Å². The highest BCUT2D eigenvalue weighted by Gasteiger charge is 2.36. The van der Waals surface area contributed by atoms with Crippen LogP contribution in [0, 0.1) is 5.41 Å². The van der Waals surface area contributed by atoms with Crippen molar-refractivity contribution in [3.63, 3.8) is 0 Å². The molecule has 27 heavy (non-hydrogen) atoms. The van der Waals surface area contributed by atoms with E-state index in [2.05, 4.69) is 33.4 Å². The van der Waals surface area contributed by atoms with Gasteiger partial charge in [0, 0.05) is 65.1 Å². The zero-order chi connectivity index (χ0) is 19.4. The van der Waals surface area contributed by atoms with Crippen LogP contribution >= 0.6 is 23.3 Å². The van der Waals surface area contributed by atoms with Gasteiger partial charge in [0.15, 0.2) is 10.8 Å². The van der Waals surface area contributed by atoms with Gasteiger partial charge in [0.1, 0.15) is 0 Å². The summed E-state index contributed by atoms with van der Waals surface area (Å²) in [5.41, 5.74) is 2.24. The van der Waals surface area contributed by atoms with Gasteiger partial charge in [-0.2, -0.15) is 8.78 Å². The lowest BCUT2D eigenvalue weighted by molar-refractivity contribution is 0.125. The fraction of sp³-hybridized carbons (Fsp3) is 0.471. The molecule has 2 aliphatic heterocycles. The Morgan fingerprint density at radius 3 is 2.93 bits per heavy atom. The van der Waals surface area contributed by atoms with Crippen LogP contribution in [0.25, 0.3) is 0 Å². The van der Waals surface area contributed by atoms with Gasteiger partial charge in [0.25, 0.3) is 0 Å². The van der Waals surface area contributed by atoms with E-state index in [4.69, 9.17) is 5.41 Å². The third-order valence-corrected chi connectivity index (χ3v) is 5.83. The van der Waals surface area contributed by atoms with Crippen LogP contribution in [0.3, 0.4) is 0 Å². The molecule has 1 atom stereocenters. The van der Waals surface area contributed by atoms with E-state index in [0.29, 0.717) is 17.4 Å². The highest BCUT2D eigenvalue weighted by molar-refractivity contribution is 7.98. The molecule has 0 bridgehead atoms. The van der Waals surface area contributed by atoms with E-state index in [0.717, 1.165) is 41.3 Å². The number of nitrogens with one attached hydrogen (secondary N) is 3. The lowest BCUT2D eigenvalue weighted by Crippen LogP contribution is -2.35. The third-order valence-electron chi connectivity index (χ3n) is 4.12. The molecular formula is C17H22F2N6S2. The second-order valence-corrected chi connectivity index (χ2v) is 8.72. The van der Waals surface area contributed by atoms with E-state index >= 15 is 0 Å². The number of fused-ring (bicyclic) bond motifs is 1. The number of amidine groups is 1. The minimum absolute atomic E-state index is 0.209. The zero-order valence-electron chi connectivity index (χ0n) is 15.1. The molecule has 1 saturated heterocycles. The maximum absolute atomic E-state index is 12.5. The molecule has 2 aliphatic rings. The van der Waals surface area contributed by atoms with E-state index in [1.165, 1.54) is 17.5 Å². The van der Waals surface area contributed by atoms with E-state index in [1.54, 1.807) is 18.1 Å². The molecule has 1 unspecified atom stereocenters. The predicted octanol–water partition coefficient (Wildman–Crippen LogP) is 3.22. The Morgan fingerprint density at radius 2 is 2.30 bits per heavy atom. The fourth-order valence-corrected chi connectivity index (χ4v) is 4.30. The Morgan fingerprint density at radius 1 is 1.48 bits per heavy atom. The number of hydrogen-bond acceptors (Lipinski definition) is 8. The van der Waals surface area contributed by atoms with E-state index in [9.17, 15) is 8.78 Å². The van der Waals surface area contributed by atoms with Crippen LogP contribution in [0.2, 0.25) is 0 Å². The normalized spacial score (nSPS) is 20.4. The summed E-state index contributed by atoms with van der Waals surface area (Å²) in [6.45, 7) is 2.65. The summed E-state index contributed by atoms with van der Waals surface area (Å²) in [6.07, 6.45) is 4.80. The SMILES string of the molecule is CC(C)SNC1CC2=C(/C(C=N)=C/NC(F)F)CN=C(c3nccs3)N2C1. The lowest BCUT2D eigenvalue weighted by Gasteiger charge is -2.28. The van der Waals surface area contributed by atoms with Crippen LogP contribution in [0.5, 0.6) is 0 Å². The molecule has 3 N–H and O–H groups in total. The summed E-state index contributed by atoms with van der Waals surface area (Å²) in [7, 11) is 0. The average molecular weight is 413 g/mol. The number of nitrogens with zero attached hydrogens (tertiary/aromatic N) is 3. The number of aliphatic imine (C=N–C) groups is 1. The van der Waals surface area contributed by atoms with Gasteiger partial charge in [-0.1, -0.05) is 25.8 Å². The van der Waals surface area contributed by atoms with Crippen LogP contribution in [0.15, 0.2) is 39.6 Å². The van der Waals surface area contributed by atoms with Crippen molar-refractivity contribution in [2.24, 2.45) is 4.99 Å². The third kappa shape index (κ3) is 4.74. The summed E-state index contributed by atoms with van der Waals surface area (Å²) in [5.74, 6) is 0.814. The molecule has 3 heterocycles. The molecule has 3 rings (SSSR count). The second-order valence-electron chi connectivity index (χ2n) is 6.41. The number of hydrogen-bond donors (Lipinski definition) is 3. The van der Waals surface area contributed by atoms with Gasteiger partial charge in [-0.05, 0) is 0 Å². The minimum Gasteiger partial charge on any atom is -0.336 e. The number of thiazole rings is 1. The van der Waals surface area contributed by atoms with Gasteiger partial charge in [-0.25, -0.2) is 4.98 Å². The molecule has 0 amide bonds. The molecule has 0 radical (unpaired) electrons. The molecule has 0 spiro atoms. The van der Waals surface area contributed by atoms with E-state index < -0.39 is 6.55 Å². The molecule has 0 aliphatic carbocycles. The van der Waals surface area contributed by atoms with Crippen molar-refractivity contribution in [3.8, 4) is 0 Å². The maximum Gasteiger partial charge on any atom is 0.312 e. The quantitative estimate of drug-likeness (QED) is 0.347. The lowest BCUT2D eigenvalue weighted by atomic mass is 10.0. The van der Waals surface area contributed by atoms with E-state index in [-0.39, 0.29) is 6.04 Å². The first-order valence-electron chi connectivity index (χ1n) is 8.59. The summed E-state index contributed by atoms with van der Waals surface area (Å²) < 4.78 is 28.6. The van der Waals surface area contributed by atoms with Crippen molar-refractivity contribution >= 4 is 35.3 Å². The fourth-order valence-electron chi connectivity index (χ4n) is 3.02. The summed E-state index contributed by atoms with van der Waals surface area (Å²) >= 11 is 3.20. The second kappa shape index (κ2) is 8.94. The number of alkyl halides is 2. The van der Waals surface area contributed by atoms with Crippen molar-refractivity contribution in [1.82, 2.24) is 19.9 Å². The number of halogens is 2. The molecule has 10 heteroatoms. The molecule has 0 saturated carbocycles. The molecular weight excluding hydrogens is 390 g/mol. The molecule has 6 nitrogen and oxygen atoms in total. The number of rotatable bonds is 8. The van der Waals surface area contributed by atoms with Crippen LogP contribution in [0.1, 0.15) is 25.3 Å². The standard InChI is InChI=1S/C17H22F2N6S2/c1-10(2)27-24-12-5-14-13(11(6-20)7-23-17(18)19)8-22-15(25(14)9-12)16-21-3-4-26-16/h3-4,6-7,10,12,17,20,23-24H,5,8-9H2,1-2H3/b11-7+,20-6?. The summed E-state index contributed by atoms with van der Waals surface area (Å²) in [5, 5.41) is 12.9. The zero-order valence-corrected chi connectivity index (χ0v) is 16.7. The van der Waals surface area contributed by atoms with Gasteiger partial charge in [0.05, 0.1) is 6.54 Å². The van der Waals surface area contributed by atoms with Crippen molar-refractivity contribution in [1.29, 1.82) is 5.41 Å². The Hall–Kier alpha value is -1.78. The Balaban J connectivity index is 1.91. The first kappa shape index (κ1) is 20.0. The van der Waals surface area contributed by atoms with Crippen molar-refractivity contribution in [3.05, 3.63) is 39.6 Å². The van der Waals surface area contributed by atoms with E-state index in [1.807, 2.05) is 10.7 Å². The van der Waals surface area contributed by atoms with Gasteiger partial charge in [0.2, 0.25) is 0 Å². The Labute approximate surface area is 165 Å². The summed E-state index contributed by atoms with van der Waals surface area (Å²) in [6, 6.07) is 0.209. The molecule has 1 aromatic rings. The maximum atomic E-state index is 12.5. The predicted molar refractivity (Wildman–Crippen MR) is 108 cm³/mol. The largest absolute Gasteiger partial charge is 0.336 e. The van der Waals surface area contributed by atoms with Crippen LogP contribution in [-0.4, -0.2) is 52.9 Å². The molecule has 146 valence electrons. The van der Waals surface area contributed by atoms with Crippen molar-refractivity contribution < 1.29 is 8.78 Å². The Kier molecular flexibility index (Phi) is 6.61. The van der Waals surface area contributed by atoms with Gasteiger partial charge >= 0.3 is 6.55 Å². The van der Waals surface area contributed by atoms with Crippen molar-refractivity contribution in [2.75, 3.05) is 13.1 Å². The van der Waals surface area contributed by atoms with Crippen molar-refractivity contribution in [2.45, 2.75) is 38.1 Å². The first-order valence-corrected chi connectivity index (χ1v) is 10.4.